The van der Waals surface area contributed by atoms with Crippen molar-refractivity contribution < 1.29 is 19.2 Å². The van der Waals surface area contributed by atoms with Crippen LogP contribution in [0.25, 0.3) is 0 Å². The van der Waals surface area contributed by atoms with Gasteiger partial charge in [0.1, 0.15) is 12.4 Å². The molecular weight excluding hydrogens is 288 g/mol. The first kappa shape index (κ1) is 15.3. The van der Waals surface area contributed by atoms with E-state index >= 15 is 0 Å². The van der Waals surface area contributed by atoms with Crippen LogP contribution in [0.4, 0.5) is 16.2 Å². The zero-order chi connectivity index (χ0) is 15.9. The van der Waals surface area contributed by atoms with E-state index in [9.17, 15) is 14.9 Å². The Bertz CT molecular complexity index is 653. The second kappa shape index (κ2) is 7.07. The van der Waals surface area contributed by atoms with Gasteiger partial charge in [-0.3, -0.25) is 15.4 Å². The molecule has 0 atom stereocenters. The molecule has 0 saturated heterocycles. The Hall–Kier alpha value is -3.09. The molecule has 0 aliphatic rings. The molecule has 1 amide bonds. The van der Waals surface area contributed by atoms with Gasteiger partial charge in [-0.25, -0.2) is 4.79 Å². The zero-order valence-electron chi connectivity index (χ0n) is 11.8. The van der Waals surface area contributed by atoms with E-state index in [1.807, 2.05) is 0 Å². The summed E-state index contributed by atoms with van der Waals surface area (Å²) >= 11 is 0. The minimum absolute atomic E-state index is 0.00793. The smallest absolute Gasteiger partial charge is 0.411 e. The summed E-state index contributed by atoms with van der Waals surface area (Å²) in [5.74, 6) is 0.685. The summed E-state index contributed by atoms with van der Waals surface area (Å²) in [4.78, 5) is 21.7. The average Bonchev–Trinajstić information content (AvgIpc) is 2.54. The van der Waals surface area contributed by atoms with Crippen LogP contribution in [0.5, 0.6) is 5.75 Å². The molecule has 0 saturated carbocycles. The molecule has 0 bridgehead atoms. The Labute approximate surface area is 126 Å². The molecule has 0 aliphatic carbocycles. The summed E-state index contributed by atoms with van der Waals surface area (Å²) in [7, 11) is 1.56. The highest BCUT2D eigenvalue weighted by atomic mass is 16.6. The summed E-state index contributed by atoms with van der Waals surface area (Å²) in [5.41, 5.74) is 1.23. The van der Waals surface area contributed by atoms with Gasteiger partial charge in [-0.1, -0.05) is 0 Å². The first-order chi connectivity index (χ1) is 10.6. The van der Waals surface area contributed by atoms with Crippen LogP contribution < -0.4 is 10.1 Å². The summed E-state index contributed by atoms with van der Waals surface area (Å²) in [6, 6.07) is 12.6. The van der Waals surface area contributed by atoms with Gasteiger partial charge in [0.05, 0.1) is 12.0 Å². The Morgan fingerprint density at radius 1 is 1.14 bits per heavy atom. The number of nitrogens with zero attached hydrogens (tertiary/aromatic N) is 1. The van der Waals surface area contributed by atoms with Gasteiger partial charge in [0.2, 0.25) is 0 Å². The molecule has 0 spiro atoms. The minimum atomic E-state index is -0.608. The summed E-state index contributed by atoms with van der Waals surface area (Å²) in [6.45, 7) is 0.0278. The van der Waals surface area contributed by atoms with Crippen LogP contribution in [0, 0.1) is 10.1 Å². The number of hydrogen-bond donors (Lipinski definition) is 1. The maximum Gasteiger partial charge on any atom is 0.411 e. The van der Waals surface area contributed by atoms with Crippen molar-refractivity contribution in [2.75, 3.05) is 12.4 Å². The number of nitro benzene ring substituents is 1. The number of amides is 1. The topological polar surface area (TPSA) is 90.7 Å². The largest absolute Gasteiger partial charge is 0.497 e. The average molecular weight is 302 g/mol. The highest BCUT2D eigenvalue weighted by Crippen LogP contribution is 2.16. The van der Waals surface area contributed by atoms with Crippen LogP contribution >= 0.6 is 0 Å². The lowest BCUT2D eigenvalue weighted by molar-refractivity contribution is -0.384. The van der Waals surface area contributed by atoms with Gasteiger partial charge in [-0.2, -0.15) is 0 Å². The first-order valence-corrected chi connectivity index (χ1v) is 6.39. The second-order valence-electron chi connectivity index (χ2n) is 4.35. The third kappa shape index (κ3) is 4.20. The molecule has 0 aromatic heterocycles. The third-order valence-electron chi connectivity index (χ3n) is 2.85. The Morgan fingerprint density at radius 3 is 2.32 bits per heavy atom. The quantitative estimate of drug-likeness (QED) is 0.675. The molecule has 0 aliphatic heterocycles. The van der Waals surface area contributed by atoms with E-state index in [2.05, 4.69) is 5.32 Å². The Morgan fingerprint density at radius 2 is 1.77 bits per heavy atom. The van der Waals surface area contributed by atoms with Gasteiger partial charge in [0.25, 0.3) is 5.69 Å². The molecule has 2 aromatic rings. The van der Waals surface area contributed by atoms with E-state index in [1.54, 1.807) is 43.5 Å². The lowest BCUT2D eigenvalue weighted by Crippen LogP contribution is -2.13. The van der Waals surface area contributed by atoms with Gasteiger partial charge in [-0.15, -0.1) is 0 Å². The third-order valence-corrected chi connectivity index (χ3v) is 2.85. The van der Waals surface area contributed by atoms with E-state index in [1.165, 1.54) is 12.1 Å². The van der Waals surface area contributed by atoms with Crippen LogP contribution in [-0.2, 0) is 11.3 Å². The van der Waals surface area contributed by atoms with E-state index in [0.717, 1.165) is 0 Å². The van der Waals surface area contributed by atoms with Crippen LogP contribution in [-0.4, -0.2) is 18.1 Å². The van der Waals surface area contributed by atoms with Crippen molar-refractivity contribution in [2.24, 2.45) is 0 Å². The SMILES string of the molecule is COc1ccc(NC(=O)OCc2ccc([N+](=O)[O-])cc2)cc1. The number of rotatable bonds is 5. The first-order valence-electron chi connectivity index (χ1n) is 6.39. The Kier molecular flexibility index (Phi) is 4.92. The van der Waals surface area contributed by atoms with Crippen LogP contribution in [0.1, 0.15) is 5.56 Å². The molecular formula is C15H14N2O5. The predicted octanol–water partition coefficient (Wildman–Crippen LogP) is 3.35. The second-order valence-corrected chi connectivity index (χ2v) is 4.35. The fourth-order valence-electron chi connectivity index (χ4n) is 1.69. The number of nitrogens with one attached hydrogen (secondary N) is 1. The number of carbonyl (C=O) groups is 1. The number of anilines is 1. The number of benzene rings is 2. The minimum Gasteiger partial charge on any atom is -0.497 e. The maximum absolute atomic E-state index is 11.6. The molecule has 2 rings (SSSR count). The molecule has 0 heterocycles. The summed E-state index contributed by atoms with van der Waals surface area (Å²) in [5, 5.41) is 13.1. The molecule has 114 valence electrons. The summed E-state index contributed by atoms with van der Waals surface area (Å²) < 4.78 is 10.1. The van der Waals surface area contributed by atoms with E-state index in [4.69, 9.17) is 9.47 Å². The van der Waals surface area contributed by atoms with Gasteiger partial charge in [-0.05, 0) is 42.0 Å². The van der Waals surface area contributed by atoms with Gasteiger partial charge in [0, 0.05) is 17.8 Å². The van der Waals surface area contributed by atoms with Crippen molar-refractivity contribution in [1.29, 1.82) is 0 Å². The van der Waals surface area contributed by atoms with Gasteiger partial charge < -0.3 is 9.47 Å². The number of non-ortho nitro benzene ring substituents is 1. The predicted molar refractivity (Wildman–Crippen MR) is 79.9 cm³/mol. The van der Waals surface area contributed by atoms with E-state index in [-0.39, 0.29) is 12.3 Å². The molecule has 2 aromatic carbocycles. The molecule has 0 radical (unpaired) electrons. The van der Waals surface area contributed by atoms with Crippen molar-refractivity contribution in [1.82, 2.24) is 0 Å². The Balaban J connectivity index is 1.85. The lowest BCUT2D eigenvalue weighted by Gasteiger charge is -2.07. The molecule has 0 unspecified atom stereocenters. The standard InChI is InChI=1S/C15H14N2O5/c1-21-14-8-4-12(5-9-14)16-15(18)22-10-11-2-6-13(7-3-11)17(19)20/h2-9H,10H2,1H3,(H,16,18). The highest BCUT2D eigenvalue weighted by molar-refractivity contribution is 5.84. The molecule has 7 heteroatoms. The van der Waals surface area contributed by atoms with E-state index < -0.39 is 11.0 Å². The number of methoxy groups -OCH3 is 1. The molecule has 1 N–H and O–H groups in total. The molecule has 7 nitrogen and oxygen atoms in total. The van der Waals surface area contributed by atoms with Gasteiger partial charge >= 0.3 is 6.09 Å². The van der Waals surface area contributed by atoms with Gasteiger partial charge in [0.15, 0.2) is 0 Å². The number of ether oxygens (including phenoxy) is 2. The zero-order valence-corrected chi connectivity index (χ0v) is 11.8. The lowest BCUT2D eigenvalue weighted by atomic mass is 10.2. The molecule has 0 fully saturated rings. The normalized spacial score (nSPS) is 9.86. The van der Waals surface area contributed by atoms with E-state index in [0.29, 0.717) is 17.0 Å². The molecule has 22 heavy (non-hydrogen) atoms. The highest BCUT2D eigenvalue weighted by Gasteiger charge is 2.07. The fourth-order valence-corrected chi connectivity index (χ4v) is 1.69. The van der Waals surface area contributed by atoms with Crippen molar-refractivity contribution in [3.8, 4) is 5.75 Å². The van der Waals surface area contributed by atoms with Crippen molar-refractivity contribution >= 4 is 17.5 Å². The number of nitro groups is 1. The maximum atomic E-state index is 11.6. The van der Waals surface area contributed by atoms with Crippen molar-refractivity contribution in [3.63, 3.8) is 0 Å². The van der Waals surface area contributed by atoms with Crippen molar-refractivity contribution in [2.45, 2.75) is 6.61 Å². The van der Waals surface area contributed by atoms with Crippen LogP contribution in [0.2, 0.25) is 0 Å². The summed E-state index contributed by atoms with van der Waals surface area (Å²) in [6.07, 6.45) is -0.608. The number of carbonyl (C=O) groups excluding carboxylic acids is 1. The van der Waals surface area contributed by atoms with Crippen LogP contribution in [0.15, 0.2) is 48.5 Å². The van der Waals surface area contributed by atoms with Crippen molar-refractivity contribution in [3.05, 3.63) is 64.2 Å². The monoisotopic (exact) mass is 302 g/mol. The number of hydrogen-bond acceptors (Lipinski definition) is 5. The van der Waals surface area contributed by atoms with Crippen LogP contribution in [0.3, 0.4) is 0 Å². The fraction of sp³-hybridized carbons (Fsp3) is 0.133.